The Balaban J connectivity index is 0.00000130. The van der Waals surface area contributed by atoms with Gasteiger partial charge in [0.05, 0.1) is 29.9 Å². The predicted molar refractivity (Wildman–Crippen MR) is 171 cm³/mol. The van der Waals surface area contributed by atoms with Crippen molar-refractivity contribution in [2.24, 2.45) is 0 Å². The number of amides is 1. The van der Waals surface area contributed by atoms with Gasteiger partial charge in [0, 0.05) is 30.4 Å². The lowest BCUT2D eigenvalue weighted by Crippen LogP contribution is -2.22. The van der Waals surface area contributed by atoms with E-state index in [1.165, 1.54) is 12.1 Å². The third kappa shape index (κ3) is 9.85. The van der Waals surface area contributed by atoms with E-state index >= 15 is 0 Å². The van der Waals surface area contributed by atoms with E-state index in [1.54, 1.807) is 12.1 Å². The van der Waals surface area contributed by atoms with Crippen LogP contribution in [0.4, 0.5) is 10.1 Å². The van der Waals surface area contributed by atoms with Crippen LogP contribution in [0.1, 0.15) is 62.0 Å². The maximum atomic E-state index is 14.0. The molecule has 3 aromatic carbocycles. The number of hydrogen-bond acceptors (Lipinski definition) is 5. The molecule has 4 rings (SSSR count). The van der Waals surface area contributed by atoms with Crippen LogP contribution in [-0.4, -0.2) is 55.0 Å². The van der Waals surface area contributed by atoms with Gasteiger partial charge in [0.2, 0.25) is 0 Å². The topological polar surface area (TPSA) is 149 Å². The molecule has 238 valence electrons. The highest BCUT2D eigenvalue weighted by Crippen LogP contribution is 2.42. The maximum Gasteiger partial charge on any atom is 0.305 e. The van der Waals surface area contributed by atoms with Gasteiger partial charge in [-0.3, -0.25) is 14.4 Å². The minimum absolute atomic E-state index is 0.0939. The molecule has 0 bridgehead atoms. The van der Waals surface area contributed by atoms with Gasteiger partial charge in [0.15, 0.2) is 0 Å². The molecule has 2 atom stereocenters. The number of rotatable bonds is 12. The second-order valence-electron chi connectivity index (χ2n) is 10.9. The van der Waals surface area contributed by atoms with Gasteiger partial charge in [0.1, 0.15) is 5.82 Å². The van der Waals surface area contributed by atoms with E-state index < -0.39 is 30.6 Å². The zero-order valence-corrected chi connectivity index (χ0v) is 25.5. The number of para-hydroxylation sites is 1. The molecule has 0 saturated carbocycles. The lowest BCUT2D eigenvalue weighted by atomic mass is 9.94. The summed E-state index contributed by atoms with van der Waals surface area (Å²) in [6.45, 7) is 5.34. The van der Waals surface area contributed by atoms with Gasteiger partial charge in [-0.2, -0.15) is 0 Å². The fourth-order valence-corrected chi connectivity index (χ4v) is 5.20. The molecule has 45 heavy (non-hydrogen) atoms. The molecule has 1 aromatic heterocycles. The van der Waals surface area contributed by atoms with E-state index in [9.17, 15) is 24.2 Å². The number of carbonyl (C=O) groups excluding carboxylic acids is 1. The number of carbonyl (C=O) groups is 3. The second-order valence-corrected chi connectivity index (χ2v) is 10.9. The fourth-order valence-electron chi connectivity index (χ4n) is 5.20. The van der Waals surface area contributed by atoms with Crippen LogP contribution in [0.3, 0.4) is 0 Å². The molecule has 0 fully saturated rings. The molecule has 1 amide bonds. The number of nitrogens with zero attached hydrogens (tertiary/aromatic N) is 1. The van der Waals surface area contributed by atoms with Gasteiger partial charge >= 0.3 is 5.97 Å². The first-order valence-electron chi connectivity index (χ1n) is 14.6. The Bertz CT molecular complexity index is 1570. The number of carboxylic acids is 2. The van der Waals surface area contributed by atoms with Crippen molar-refractivity contribution >= 4 is 23.5 Å². The van der Waals surface area contributed by atoms with Crippen molar-refractivity contribution in [3.8, 4) is 22.4 Å². The summed E-state index contributed by atoms with van der Waals surface area (Å²) in [7, 11) is 0. The summed E-state index contributed by atoms with van der Waals surface area (Å²) in [6.07, 6.45) is -2.51. The van der Waals surface area contributed by atoms with Gasteiger partial charge in [-0.25, -0.2) is 4.39 Å². The van der Waals surface area contributed by atoms with Crippen LogP contribution in [0.25, 0.3) is 22.4 Å². The van der Waals surface area contributed by atoms with Crippen molar-refractivity contribution in [1.29, 1.82) is 0 Å². The molecule has 10 heteroatoms. The number of halogens is 1. The van der Waals surface area contributed by atoms with Gasteiger partial charge in [0.25, 0.3) is 11.9 Å². The number of aliphatic hydroxyl groups is 2. The zero-order chi connectivity index (χ0) is 33.1. The van der Waals surface area contributed by atoms with Crippen LogP contribution in [0.5, 0.6) is 0 Å². The number of nitrogens with one attached hydrogen (secondary N) is 1. The van der Waals surface area contributed by atoms with Crippen molar-refractivity contribution in [3.63, 3.8) is 0 Å². The Kier molecular flexibility index (Phi) is 12.6. The molecule has 4 aromatic rings. The van der Waals surface area contributed by atoms with Crippen molar-refractivity contribution in [1.82, 2.24) is 4.57 Å². The van der Waals surface area contributed by atoms with Crippen molar-refractivity contribution in [3.05, 3.63) is 102 Å². The van der Waals surface area contributed by atoms with Crippen molar-refractivity contribution in [2.45, 2.75) is 64.7 Å². The Hall–Kier alpha value is -4.80. The summed E-state index contributed by atoms with van der Waals surface area (Å²) in [6, 6.07) is 24.8. The SMILES string of the molecule is CC(=O)O.CC(C)c1c(C(=O)Nc2ccccc2)c(-c2ccccc2)c(-c2ccc(F)cc2)n1CC[C@@H](O)C[C@@H](O)CC(=O)O. The molecule has 0 aliphatic heterocycles. The van der Waals surface area contributed by atoms with E-state index in [0.29, 0.717) is 28.1 Å². The number of carboxylic acid groups (broad SMARTS) is 2. The largest absolute Gasteiger partial charge is 0.481 e. The summed E-state index contributed by atoms with van der Waals surface area (Å²) >= 11 is 0. The van der Waals surface area contributed by atoms with Crippen LogP contribution < -0.4 is 5.32 Å². The second kappa shape index (κ2) is 16.3. The Labute approximate surface area is 261 Å². The van der Waals surface area contributed by atoms with E-state index in [1.807, 2.05) is 79.1 Å². The maximum absolute atomic E-state index is 14.0. The molecule has 1 heterocycles. The minimum atomic E-state index is -1.18. The van der Waals surface area contributed by atoms with Gasteiger partial charge < -0.3 is 30.3 Å². The average molecular weight is 619 g/mol. The highest BCUT2D eigenvalue weighted by Gasteiger charge is 2.31. The molecule has 0 saturated heterocycles. The Morgan fingerprint density at radius 1 is 0.822 bits per heavy atom. The molecule has 0 spiro atoms. The average Bonchev–Trinajstić information content (AvgIpc) is 3.32. The lowest BCUT2D eigenvalue weighted by molar-refractivity contribution is -0.139. The predicted octanol–water partition coefficient (Wildman–Crippen LogP) is 6.40. The van der Waals surface area contributed by atoms with Gasteiger partial charge in [-0.05, 0) is 66.3 Å². The van der Waals surface area contributed by atoms with Gasteiger partial charge in [-0.1, -0.05) is 62.4 Å². The summed E-state index contributed by atoms with van der Waals surface area (Å²) in [4.78, 5) is 34.0. The minimum Gasteiger partial charge on any atom is -0.481 e. The number of aromatic nitrogens is 1. The first-order valence-corrected chi connectivity index (χ1v) is 14.6. The number of benzene rings is 3. The van der Waals surface area contributed by atoms with E-state index in [4.69, 9.17) is 15.0 Å². The summed E-state index contributed by atoms with van der Waals surface area (Å²) < 4.78 is 16.0. The number of aliphatic carboxylic acids is 2. The smallest absolute Gasteiger partial charge is 0.305 e. The molecule has 0 aliphatic rings. The Morgan fingerprint density at radius 2 is 1.38 bits per heavy atom. The highest BCUT2D eigenvalue weighted by atomic mass is 19.1. The molecule has 5 N–H and O–H groups in total. The third-order valence-electron chi connectivity index (χ3n) is 6.93. The fraction of sp³-hybridized carbons (Fsp3) is 0.286. The lowest BCUT2D eigenvalue weighted by Gasteiger charge is -2.20. The quantitative estimate of drug-likeness (QED) is 0.123. The van der Waals surface area contributed by atoms with Crippen LogP contribution >= 0.6 is 0 Å². The number of anilines is 1. The van der Waals surface area contributed by atoms with E-state index in [2.05, 4.69) is 5.32 Å². The zero-order valence-electron chi connectivity index (χ0n) is 25.5. The number of hydrogen-bond donors (Lipinski definition) is 5. The van der Waals surface area contributed by atoms with Gasteiger partial charge in [-0.15, -0.1) is 0 Å². The normalized spacial score (nSPS) is 12.2. The van der Waals surface area contributed by atoms with Crippen LogP contribution in [0.15, 0.2) is 84.9 Å². The van der Waals surface area contributed by atoms with Crippen LogP contribution in [0.2, 0.25) is 0 Å². The monoisotopic (exact) mass is 618 g/mol. The third-order valence-corrected chi connectivity index (χ3v) is 6.93. The van der Waals surface area contributed by atoms with Crippen LogP contribution in [0, 0.1) is 5.82 Å². The standard InChI is InChI=1S/C33H35FN2O5.C2H4O2/c1-21(2)31-30(33(41)35-25-11-7-4-8-12-25)29(22-9-5-3-6-10-22)32(23-13-15-24(34)16-14-23)36(31)18-17-26(37)19-27(38)20-28(39)40;1-2(3)4/h3-16,21,26-27,37-38H,17-20H2,1-2H3,(H,35,41)(H,39,40);1H3,(H,3,4)/t26-,27-;/m1./s1. The summed E-state index contributed by atoms with van der Waals surface area (Å²) in [5.74, 6) is -2.77. The summed E-state index contributed by atoms with van der Waals surface area (Å²) in [5, 5.41) is 40.2. The first-order chi connectivity index (χ1) is 21.4. The molecule has 0 unspecified atom stereocenters. The molecular weight excluding hydrogens is 579 g/mol. The molecule has 9 nitrogen and oxygen atoms in total. The van der Waals surface area contributed by atoms with Crippen molar-refractivity contribution in [2.75, 3.05) is 5.32 Å². The molecule has 0 aliphatic carbocycles. The Morgan fingerprint density at radius 3 is 1.91 bits per heavy atom. The molecule has 0 radical (unpaired) electrons. The molecular formula is C35H39FN2O7. The number of aliphatic hydroxyl groups excluding tert-OH is 2. The highest BCUT2D eigenvalue weighted by molar-refractivity contribution is 6.12. The van der Waals surface area contributed by atoms with E-state index in [-0.39, 0.29) is 37.0 Å². The van der Waals surface area contributed by atoms with E-state index in [0.717, 1.165) is 18.2 Å². The van der Waals surface area contributed by atoms with Crippen molar-refractivity contribution < 1.29 is 39.2 Å². The first kappa shape index (κ1) is 34.7. The summed E-state index contributed by atoms with van der Waals surface area (Å²) in [5.41, 5.74) is 4.77. The van der Waals surface area contributed by atoms with Crippen LogP contribution in [-0.2, 0) is 16.1 Å².